The van der Waals surface area contributed by atoms with Crippen LogP contribution in [-0.2, 0) is 6.54 Å². The number of nitrogens with zero attached hydrogens (tertiary/aromatic N) is 2. The van der Waals surface area contributed by atoms with Crippen molar-refractivity contribution in [3.63, 3.8) is 0 Å². The van der Waals surface area contributed by atoms with Crippen molar-refractivity contribution in [1.29, 1.82) is 0 Å². The molecule has 4 nitrogen and oxygen atoms in total. The molecule has 0 radical (unpaired) electrons. The lowest BCUT2D eigenvalue weighted by Crippen LogP contribution is -2.23. The topological polar surface area (TPSA) is 44.1 Å². The van der Waals surface area contributed by atoms with Crippen LogP contribution in [0.25, 0.3) is 10.9 Å². The minimum atomic E-state index is -0.0851. The van der Waals surface area contributed by atoms with Crippen molar-refractivity contribution in [3.05, 3.63) is 68.7 Å². The summed E-state index contributed by atoms with van der Waals surface area (Å²) in [7, 11) is 0. The first kappa shape index (κ1) is 15.8. The summed E-state index contributed by atoms with van der Waals surface area (Å²) in [5.74, 6) is 0.581. The summed E-state index contributed by atoms with van der Waals surface area (Å²) in [4.78, 5) is 16.7. The molecule has 0 bridgehead atoms. The molecule has 0 unspecified atom stereocenters. The van der Waals surface area contributed by atoms with Gasteiger partial charge in [-0.3, -0.25) is 9.36 Å². The number of fused-ring (bicyclic) bond motifs is 1. The van der Waals surface area contributed by atoms with Crippen LogP contribution in [0.1, 0.15) is 5.56 Å². The lowest BCUT2D eigenvalue weighted by atomic mass is 10.2. The third-order valence-corrected chi connectivity index (χ3v) is 4.00. The van der Waals surface area contributed by atoms with Gasteiger partial charge in [0, 0.05) is 5.02 Å². The molecule has 0 aliphatic heterocycles. The molecule has 0 saturated heterocycles. The lowest BCUT2D eigenvalue weighted by molar-refractivity contribution is 0.294. The highest BCUT2D eigenvalue weighted by molar-refractivity contribution is 6.35. The van der Waals surface area contributed by atoms with E-state index in [1.165, 1.54) is 10.9 Å². The fraction of sp³-hybridized carbons (Fsp3) is 0.176. The van der Waals surface area contributed by atoms with E-state index in [2.05, 4.69) is 4.98 Å². The van der Waals surface area contributed by atoms with E-state index in [-0.39, 0.29) is 5.56 Å². The number of halogens is 2. The fourth-order valence-corrected chi connectivity index (χ4v) is 3.03. The smallest absolute Gasteiger partial charge is 0.261 e. The Bertz CT molecular complexity index is 899. The quantitative estimate of drug-likeness (QED) is 0.713. The molecule has 0 aliphatic carbocycles. The third-order valence-electron chi connectivity index (χ3n) is 3.50. The van der Waals surface area contributed by atoms with Crippen LogP contribution in [0.2, 0.25) is 10.0 Å². The van der Waals surface area contributed by atoms with Gasteiger partial charge in [0.15, 0.2) is 0 Å². The summed E-state index contributed by atoms with van der Waals surface area (Å²) in [6, 6.07) is 10.7. The molecule has 6 heteroatoms. The molecule has 0 spiro atoms. The Morgan fingerprint density at radius 2 is 2.00 bits per heavy atom. The van der Waals surface area contributed by atoms with Crippen molar-refractivity contribution in [2.45, 2.75) is 13.5 Å². The summed E-state index contributed by atoms with van der Waals surface area (Å²) in [6.07, 6.45) is 1.53. The third kappa shape index (κ3) is 3.33. The number of rotatable bonds is 4. The predicted molar refractivity (Wildman–Crippen MR) is 92.7 cm³/mol. The van der Waals surface area contributed by atoms with E-state index in [0.717, 1.165) is 5.56 Å². The van der Waals surface area contributed by atoms with Crippen molar-refractivity contribution >= 4 is 34.1 Å². The molecular formula is C17H14Cl2N2O2. The Labute approximate surface area is 143 Å². The molecule has 0 amide bonds. The van der Waals surface area contributed by atoms with Crippen LogP contribution in [0.3, 0.4) is 0 Å². The van der Waals surface area contributed by atoms with Gasteiger partial charge in [-0.15, -0.1) is 0 Å². The van der Waals surface area contributed by atoms with Crippen LogP contribution < -0.4 is 10.3 Å². The van der Waals surface area contributed by atoms with E-state index in [0.29, 0.717) is 39.8 Å². The maximum atomic E-state index is 12.4. The fourth-order valence-electron chi connectivity index (χ4n) is 2.38. The van der Waals surface area contributed by atoms with Crippen molar-refractivity contribution < 1.29 is 4.74 Å². The second-order valence-corrected chi connectivity index (χ2v) is 5.99. The molecule has 0 saturated carbocycles. The molecule has 0 atom stereocenters. The first-order valence-corrected chi connectivity index (χ1v) is 7.84. The van der Waals surface area contributed by atoms with Crippen molar-refractivity contribution in [1.82, 2.24) is 9.55 Å². The summed E-state index contributed by atoms with van der Waals surface area (Å²) in [5.41, 5.74) is 1.45. The average molecular weight is 349 g/mol. The van der Waals surface area contributed by atoms with Crippen LogP contribution >= 0.6 is 23.2 Å². The largest absolute Gasteiger partial charge is 0.490 e. The van der Waals surface area contributed by atoms with E-state index >= 15 is 0 Å². The van der Waals surface area contributed by atoms with Crippen LogP contribution in [0.15, 0.2) is 47.5 Å². The van der Waals surface area contributed by atoms with E-state index < -0.39 is 0 Å². The molecule has 23 heavy (non-hydrogen) atoms. The van der Waals surface area contributed by atoms with Gasteiger partial charge in [-0.2, -0.15) is 0 Å². The summed E-state index contributed by atoms with van der Waals surface area (Å²) in [5, 5.41) is 1.62. The van der Waals surface area contributed by atoms with Gasteiger partial charge in [0.05, 0.1) is 28.8 Å². The van der Waals surface area contributed by atoms with E-state index in [4.69, 9.17) is 27.9 Å². The highest BCUT2D eigenvalue weighted by atomic mass is 35.5. The number of hydrogen-bond donors (Lipinski definition) is 0. The number of hydrogen-bond acceptors (Lipinski definition) is 3. The van der Waals surface area contributed by atoms with Gasteiger partial charge < -0.3 is 4.74 Å². The second kappa shape index (κ2) is 6.60. The maximum absolute atomic E-state index is 12.4. The molecule has 2 aromatic carbocycles. The molecule has 0 N–H and O–H groups in total. The Hall–Kier alpha value is -2.04. The molecule has 0 aliphatic rings. The number of para-hydroxylation sites is 1. The maximum Gasteiger partial charge on any atom is 0.261 e. The zero-order chi connectivity index (χ0) is 16.4. The monoisotopic (exact) mass is 348 g/mol. The highest BCUT2D eigenvalue weighted by Crippen LogP contribution is 2.31. The molecule has 1 heterocycles. The summed E-state index contributed by atoms with van der Waals surface area (Å²) >= 11 is 12.1. The normalized spacial score (nSPS) is 10.9. The van der Waals surface area contributed by atoms with Crippen LogP contribution in [-0.4, -0.2) is 16.2 Å². The SMILES string of the molecule is Cc1cc(Cl)cc(Cl)c1OCCn1cnc2ccccc2c1=O. The second-order valence-electron chi connectivity index (χ2n) is 5.14. The summed E-state index contributed by atoms with van der Waals surface area (Å²) in [6.45, 7) is 2.56. The molecule has 0 fully saturated rings. The minimum Gasteiger partial charge on any atom is -0.490 e. The predicted octanol–water partition coefficient (Wildman–Crippen LogP) is 4.09. The van der Waals surface area contributed by atoms with Gasteiger partial charge in [0.25, 0.3) is 5.56 Å². The first-order valence-electron chi connectivity index (χ1n) is 7.09. The zero-order valence-corrected chi connectivity index (χ0v) is 13.9. The Morgan fingerprint density at radius 1 is 1.22 bits per heavy atom. The Morgan fingerprint density at radius 3 is 2.78 bits per heavy atom. The molecule has 3 aromatic rings. The van der Waals surface area contributed by atoms with Crippen LogP contribution in [0.4, 0.5) is 0 Å². The Kier molecular flexibility index (Phi) is 4.55. The van der Waals surface area contributed by atoms with Crippen LogP contribution in [0.5, 0.6) is 5.75 Å². The van der Waals surface area contributed by atoms with E-state index in [1.54, 1.807) is 18.2 Å². The molecular weight excluding hydrogens is 335 g/mol. The number of aryl methyl sites for hydroxylation is 1. The van der Waals surface area contributed by atoms with Crippen LogP contribution in [0, 0.1) is 6.92 Å². The number of ether oxygens (including phenoxy) is 1. The van der Waals surface area contributed by atoms with E-state index in [1.807, 2.05) is 25.1 Å². The first-order chi connectivity index (χ1) is 11.1. The van der Waals surface area contributed by atoms with Gasteiger partial charge in [-0.25, -0.2) is 4.98 Å². The van der Waals surface area contributed by atoms with Crippen molar-refractivity contribution in [2.75, 3.05) is 6.61 Å². The van der Waals surface area contributed by atoms with Gasteiger partial charge >= 0.3 is 0 Å². The van der Waals surface area contributed by atoms with Gasteiger partial charge in [0.2, 0.25) is 0 Å². The van der Waals surface area contributed by atoms with Gasteiger partial charge in [-0.05, 0) is 36.8 Å². The van der Waals surface area contributed by atoms with Crippen molar-refractivity contribution in [2.24, 2.45) is 0 Å². The lowest BCUT2D eigenvalue weighted by Gasteiger charge is -2.12. The highest BCUT2D eigenvalue weighted by Gasteiger charge is 2.08. The standard InChI is InChI=1S/C17H14Cl2N2O2/c1-11-8-12(18)9-14(19)16(11)23-7-6-21-10-20-15-5-3-2-4-13(15)17(21)22/h2-5,8-10H,6-7H2,1H3. The van der Waals surface area contributed by atoms with Gasteiger partial charge in [-0.1, -0.05) is 35.3 Å². The molecule has 3 rings (SSSR count). The number of aromatic nitrogens is 2. The molecule has 1 aromatic heterocycles. The Balaban J connectivity index is 1.77. The molecule has 118 valence electrons. The van der Waals surface area contributed by atoms with Gasteiger partial charge in [0.1, 0.15) is 12.4 Å². The number of benzene rings is 2. The summed E-state index contributed by atoms with van der Waals surface area (Å²) < 4.78 is 7.24. The van der Waals surface area contributed by atoms with Crippen molar-refractivity contribution in [3.8, 4) is 5.75 Å². The minimum absolute atomic E-state index is 0.0851. The zero-order valence-electron chi connectivity index (χ0n) is 12.4. The average Bonchev–Trinajstić information content (AvgIpc) is 2.52. The van der Waals surface area contributed by atoms with E-state index in [9.17, 15) is 4.79 Å².